The molecular formula is C14H16N2O3. The SMILES string of the molecule is CC(C)(C)c1ccc(C(=O)O)cc1NC(=O)CC#N. The smallest absolute Gasteiger partial charge is 0.335 e. The molecule has 1 aromatic rings. The number of carbonyl (C=O) groups excluding carboxylic acids is 1. The quantitative estimate of drug-likeness (QED) is 0.873. The maximum atomic E-state index is 11.5. The Morgan fingerprint density at radius 1 is 1.37 bits per heavy atom. The lowest BCUT2D eigenvalue weighted by Crippen LogP contribution is -2.19. The van der Waals surface area contributed by atoms with Gasteiger partial charge >= 0.3 is 5.97 Å². The van der Waals surface area contributed by atoms with E-state index in [1.807, 2.05) is 20.8 Å². The van der Waals surface area contributed by atoms with Crippen molar-refractivity contribution in [3.63, 3.8) is 0 Å². The maximum Gasteiger partial charge on any atom is 0.335 e. The van der Waals surface area contributed by atoms with Crippen molar-refractivity contribution in [2.45, 2.75) is 32.6 Å². The van der Waals surface area contributed by atoms with E-state index < -0.39 is 11.9 Å². The third kappa shape index (κ3) is 3.81. The van der Waals surface area contributed by atoms with Crippen molar-refractivity contribution in [1.29, 1.82) is 5.26 Å². The fourth-order valence-electron chi connectivity index (χ4n) is 1.70. The molecule has 0 bridgehead atoms. The Kier molecular flexibility index (Phi) is 4.28. The standard InChI is InChI=1S/C14H16N2O3/c1-14(2,3)10-5-4-9(13(18)19)8-11(10)16-12(17)6-7-15/h4-5,8H,6H2,1-3H3,(H,16,17)(H,18,19). The third-order valence-electron chi connectivity index (χ3n) is 2.59. The molecule has 0 aliphatic rings. The number of carboxylic acids is 1. The van der Waals surface area contributed by atoms with Gasteiger partial charge in [0.05, 0.1) is 11.6 Å². The van der Waals surface area contributed by atoms with Crippen LogP contribution in [0.25, 0.3) is 0 Å². The molecule has 0 aromatic heterocycles. The van der Waals surface area contributed by atoms with Crippen LogP contribution < -0.4 is 5.32 Å². The van der Waals surface area contributed by atoms with E-state index in [1.165, 1.54) is 12.1 Å². The lowest BCUT2D eigenvalue weighted by Gasteiger charge is -2.23. The molecule has 0 fully saturated rings. The fraction of sp³-hybridized carbons (Fsp3) is 0.357. The van der Waals surface area contributed by atoms with E-state index in [-0.39, 0.29) is 17.4 Å². The first kappa shape index (κ1) is 14.7. The minimum absolute atomic E-state index is 0.0975. The van der Waals surface area contributed by atoms with Crippen LogP contribution in [0.5, 0.6) is 0 Å². The Bertz CT molecular complexity index is 551. The van der Waals surface area contributed by atoms with Crippen LogP contribution in [0.2, 0.25) is 0 Å². The lowest BCUT2D eigenvalue weighted by atomic mass is 9.85. The normalized spacial score (nSPS) is 10.6. The zero-order valence-corrected chi connectivity index (χ0v) is 11.2. The topological polar surface area (TPSA) is 90.2 Å². The van der Waals surface area contributed by atoms with Gasteiger partial charge in [-0.1, -0.05) is 26.8 Å². The maximum absolute atomic E-state index is 11.5. The first-order chi connectivity index (χ1) is 8.75. The average Bonchev–Trinajstić information content (AvgIpc) is 2.27. The molecule has 2 N–H and O–H groups in total. The highest BCUT2D eigenvalue weighted by Gasteiger charge is 2.20. The summed E-state index contributed by atoms with van der Waals surface area (Å²) in [5, 5.41) is 20.0. The van der Waals surface area contributed by atoms with Crippen molar-refractivity contribution in [3.05, 3.63) is 29.3 Å². The number of nitriles is 1. The molecule has 100 valence electrons. The van der Waals surface area contributed by atoms with Crippen molar-refractivity contribution >= 4 is 17.6 Å². The summed E-state index contributed by atoms with van der Waals surface area (Å²) in [6.07, 6.45) is -0.263. The van der Waals surface area contributed by atoms with Crippen molar-refractivity contribution in [1.82, 2.24) is 0 Å². The third-order valence-corrected chi connectivity index (χ3v) is 2.59. The second kappa shape index (κ2) is 5.53. The highest BCUT2D eigenvalue weighted by atomic mass is 16.4. The van der Waals surface area contributed by atoms with Crippen molar-refractivity contribution in [2.75, 3.05) is 5.32 Å². The van der Waals surface area contributed by atoms with Crippen LogP contribution in [0, 0.1) is 11.3 Å². The summed E-state index contributed by atoms with van der Waals surface area (Å²) in [6, 6.07) is 6.36. The van der Waals surface area contributed by atoms with Gasteiger partial charge in [-0.25, -0.2) is 4.79 Å². The van der Waals surface area contributed by atoms with Gasteiger partial charge in [-0.15, -0.1) is 0 Å². The van der Waals surface area contributed by atoms with Gasteiger partial charge < -0.3 is 10.4 Å². The second-order valence-corrected chi connectivity index (χ2v) is 5.20. The van der Waals surface area contributed by atoms with Crippen LogP contribution in [0.4, 0.5) is 5.69 Å². The molecule has 1 aromatic carbocycles. The molecule has 0 heterocycles. The van der Waals surface area contributed by atoms with E-state index in [1.54, 1.807) is 12.1 Å². The van der Waals surface area contributed by atoms with E-state index in [2.05, 4.69) is 5.32 Å². The van der Waals surface area contributed by atoms with Crippen LogP contribution in [-0.4, -0.2) is 17.0 Å². The van der Waals surface area contributed by atoms with Crippen LogP contribution in [0.3, 0.4) is 0 Å². The Balaban J connectivity index is 3.23. The zero-order chi connectivity index (χ0) is 14.6. The van der Waals surface area contributed by atoms with Gasteiger partial charge in [0, 0.05) is 5.69 Å². The van der Waals surface area contributed by atoms with E-state index in [0.29, 0.717) is 5.69 Å². The average molecular weight is 260 g/mol. The molecule has 19 heavy (non-hydrogen) atoms. The summed E-state index contributed by atoms with van der Waals surface area (Å²) in [4.78, 5) is 22.5. The molecule has 0 saturated carbocycles. The van der Waals surface area contributed by atoms with E-state index in [4.69, 9.17) is 10.4 Å². The highest BCUT2D eigenvalue weighted by Crippen LogP contribution is 2.30. The Morgan fingerprint density at radius 3 is 2.47 bits per heavy atom. The molecule has 0 aliphatic heterocycles. The summed E-state index contributed by atoms with van der Waals surface area (Å²) in [5.41, 5.74) is 1.11. The zero-order valence-electron chi connectivity index (χ0n) is 11.2. The van der Waals surface area contributed by atoms with Crippen LogP contribution >= 0.6 is 0 Å². The summed E-state index contributed by atoms with van der Waals surface area (Å²) >= 11 is 0. The molecule has 0 atom stereocenters. The molecule has 0 saturated heterocycles. The Hall–Kier alpha value is -2.35. The number of carboxylic acid groups (broad SMARTS) is 1. The summed E-state index contributed by atoms with van der Waals surface area (Å²) in [5.74, 6) is -1.51. The van der Waals surface area contributed by atoms with Gasteiger partial charge in [-0.3, -0.25) is 4.79 Å². The molecule has 1 rings (SSSR count). The lowest BCUT2D eigenvalue weighted by molar-refractivity contribution is -0.115. The number of benzene rings is 1. The number of amides is 1. The summed E-state index contributed by atoms with van der Waals surface area (Å²) in [7, 11) is 0. The van der Waals surface area contributed by atoms with E-state index >= 15 is 0 Å². The number of nitrogens with zero attached hydrogens (tertiary/aromatic N) is 1. The van der Waals surface area contributed by atoms with Gasteiger partial charge in [0.25, 0.3) is 0 Å². The van der Waals surface area contributed by atoms with Crippen LogP contribution in [0.1, 0.15) is 43.1 Å². The number of hydrogen-bond donors (Lipinski definition) is 2. The van der Waals surface area contributed by atoms with Gasteiger partial charge in [0.15, 0.2) is 0 Å². The van der Waals surface area contributed by atoms with Gasteiger partial charge in [-0.05, 0) is 23.1 Å². The largest absolute Gasteiger partial charge is 0.478 e. The number of anilines is 1. The van der Waals surface area contributed by atoms with E-state index in [0.717, 1.165) is 5.56 Å². The molecular weight excluding hydrogens is 244 g/mol. The van der Waals surface area contributed by atoms with Crippen LogP contribution in [-0.2, 0) is 10.2 Å². The number of carbonyl (C=O) groups is 2. The second-order valence-electron chi connectivity index (χ2n) is 5.20. The molecule has 5 heteroatoms. The molecule has 0 spiro atoms. The molecule has 0 radical (unpaired) electrons. The Labute approximate surface area is 111 Å². The minimum Gasteiger partial charge on any atom is -0.478 e. The molecule has 0 aliphatic carbocycles. The molecule has 1 amide bonds. The van der Waals surface area contributed by atoms with Crippen molar-refractivity contribution < 1.29 is 14.7 Å². The minimum atomic E-state index is -1.06. The van der Waals surface area contributed by atoms with E-state index in [9.17, 15) is 9.59 Å². The predicted octanol–water partition coefficient (Wildman–Crippen LogP) is 2.53. The summed E-state index contributed by atoms with van der Waals surface area (Å²) in [6.45, 7) is 5.88. The number of nitrogens with one attached hydrogen (secondary N) is 1. The monoisotopic (exact) mass is 260 g/mol. The Morgan fingerprint density at radius 2 is 2.00 bits per heavy atom. The highest BCUT2D eigenvalue weighted by molar-refractivity contribution is 5.95. The van der Waals surface area contributed by atoms with Crippen molar-refractivity contribution in [2.24, 2.45) is 0 Å². The molecule has 5 nitrogen and oxygen atoms in total. The number of hydrogen-bond acceptors (Lipinski definition) is 3. The first-order valence-corrected chi connectivity index (χ1v) is 5.80. The van der Waals surface area contributed by atoms with Gasteiger partial charge in [0.1, 0.15) is 6.42 Å². The van der Waals surface area contributed by atoms with Gasteiger partial charge in [-0.2, -0.15) is 5.26 Å². The summed E-state index contributed by atoms with van der Waals surface area (Å²) < 4.78 is 0. The first-order valence-electron chi connectivity index (χ1n) is 5.80. The van der Waals surface area contributed by atoms with Crippen LogP contribution in [0.15, 0.2) is 18.2 Å². The van der Waals surface area contributed by atoms with Gasteiger partial charge in [0.2, 0.25) is 5.91 Å². The van der Waals surface area contributed by atoms with Crippen molar-refractivity contribution in [3.8, 4) is 6.07 Å². The predicted molar refractivity (Wildman–Crippen MR) is 71.0 cm³/mol. The molecule has 0 unspecified atom stereocenters. The number of aromatic carboxylic acids is 1. The fourth-order valence-corrected chi connectivity index (χ4v) is 1.70. The number of rotatable bonds is 3.